The number of nitrogens with one attached hydrogen (secondary N) is 2. The van der Waals surface area contributed by atoms with Crippen molar-refractivity contribution in [2.45, 2.75) is 26.3 Å². The van der Waals surface area contributed by atoms with Crippen molar-refractivity contribution in [1.82, 2.24) is 20.5 Å². The second-order valence-electron chi connectivity index (χ2n) is 8.09. The van der Waals surface area contributed by atoms with Crippen LogP contribution in [0.15, 0.2) is 41.5 Å². The number of guanidine groups is 1. The zero-order chi connectivity index (χ0) is 21.5. The Morgan fingerprint density at radius 1 is 1.10 bits per heavy atom. The molecule has 0 unspecified atom stereocenters. The minimum absolute atomic E-state index is 0.723. The third-order valence-electron chi connectivity index (χ3n) is 6.10. The van der Waals surface area contributed by atoms with Crippen LogP contribution in [0.2, 0.25) is 0 Å². The number of piperazine rings is 1. The Bertz CT molecular complexity index is 891. The summed E-state index contributed by atoms with van der Waals surface area (Å²) >= 11 is 0. The predicted octanol–water partition coefficient (Wildman–Crippen LogP) is 2.07. The van der Waals surface area contributed by atoms with Gasteiger partial charge in [0.1, 0.15) is 11.6 Å². The average Bonchev–Trinajstić information content (AvgIpc) is 3.29. The van der Waals surface area contributed by atoms with E-state index < -0.39 is 0 Å². The molecular formula is C24H34N6O. The van der Waals surface area contributed by atoms with E-state index in [0.717, 1.165) is 82.8 Å². The molecule has 2 aliphatic rings. The Hall–Kier alpha value is -2.80. The fraction of sp³-hybridized carbons (Fsp3) is 0.500. The molecule has 166 valence electrons. The maximum absolute atomic E-state index is 5.59. The zero-order valence-electron chi connectivity index (χ0n) is 18.7. The highest BCUT2D eigenvalue weighted by Crippen LogP contribution is 2.25. The third kappa shape index (κ3) is 5.67. The van der Waals surface area contributed by atoms with Crippen LogP contribution in [-0.4, -0.2) is 68.8 Å². The lowest BCUT2D eigenvalue weighted by molar-refractivity contribution is 0.270. The van der Waals surface area contributed by atoms with E-state index in [9.17, 15) is 0 Å². The number of hydrogen-bond donors (Lipinski definition) is 2. The molecule has 7 heteroatoms. The van der Waals surface area contributed by atoms with E-state index in [2.05, 4.69) is 67.7 Å². The number of nitrogens with zero attached hydrogens (tertiary/aromatic N) is 4. The Labute approximate surface area is 185 Å². The first kappa shape index (κ1) is 21.4. The van der Waals surface area contributed by atoms with Crippen molar-refractivity contribution >= 4 is 11.8 Å². The molecule has 1 aromatic carbocycles. The van der Waals surface area contributed by atoms with Gasteiger partial charge >= 0.3 is 0 Å². The number of aromatic nitrogens is 1. The molecule has 7 nitrogen and oxygen atoms in total. The minimum atomic E-state index is 0.723. The smallest absolute Gasteiger partial charge is 0.191 e. The van der Waals surface area contributed by atoms with Gasteiger partial charge in [-0.1, -0.05) is 19.1 Å². The number of hydrogen-bond acceptors (Lipinski definition) is 5. The fourth-order valence-electron chi connectivity index (χ4n) is 4.16. The van der Waals surface area contributed by atoms with Crippen molar-refractivity contribution in [3.05, 3.63) is 53.2 Å². The highest BCUT2D eigenvalue weighted by molar-refractivity contribution is 5.79. The van der Waals surface area contributed by atoms with E-state index in [4.69, 9.17) is 4.74 Å². The van der Waals surface area contributed by atoms with Gasteiger partial charge in [-0.3, -0.25) is 4.99 Å². The summed E-state index contributed by atoms with van der Waals surface area (Å²) < 4.78 is 5.59. The molecule has 0 aliphatic carbocycles. The van der Waals surface area contributed by atoms with Crippen molar-refractivity contribution in [3.63, 3.8) is 0 Å². The van der Waals surface area contributed by atoms with Gasteiger partial charge in [-0.15, -0.1) is 0 Å². The second-order valence-corrected chi connectivity index (χ2v) is 8.09. The number of aliphatic imine (C=N–C) groups is 1. The van der Waals surface area contributed by atoms with Gasteiger partial charge in [0.25, 0.3) is 0 Å². The van der Waals surface area contributed by atoms with Crippen molar-refractivity contribution in [1.29, 1.82) is 0 Å². The summed E-state index contributed by atoms with van der Waals surface area (Å²) in [6.45, 7) is 10.00. The molecule has 4 rings (SSSR count). The van der Waals surface area contributed by atoms with Crippen molar-refractivity contribution in [2.75, 3.05) is 57.8 Å². The van der Waals surface area contributed by atoms with Gasteiger partial charge in [0, 0.05) is 58.9 Å². The summed E-state index contributed by atoms with van der Waals surface area (Å²) in [6.07, 6.45) is 3.88. The van der Waals surface area contributed by atoms with Gasteiger partial charge in [0.2, 0.25) is 0 Å². The van der Waals surface area contributed by atoms with Crippen molar-refractivity contribution in [2.24, 2.45) is 4.99 Å². The van der Waals surface area contributed by atoms with Crippen LogP contribution in [0.5, 0.6) is 5.75 Å². The zero-order valence-corrected chi connectivity index (χ0v) is 18.7. The molecule has 1 saturated heterocycles. The SMILES string of the molecule is CCN1CCN(c2cc(CNC(=NC)NCCc3ccc4c(c3)CCO4)ccn2)CC1. The number of benzene rings is 1. The first-order chi connectivity index (χ1) is 15.2. The molecule has 3 heterocycles. The monoisotopic (exact) mass is 422 g/mol. The lowest BCUT2D eigenvalue weighted by Gasteiger charge is -2.34. The quantitative estimate of drug-likeness (QED) is 0.526. The maximum atomic E-state index is 5.59. The van der Waals surface area contributed by atoms with Gasteiger partial charge in [-0.25, -0.2) is 4.98 Å². The van der Waals surface area contributed by atoms with Crippen LogP contribution in [-0.2, 0) is 19.4 Å². The Morgan fingerprint density at radius 2 is 1.97 bits per heavy atom. The molecule has 1 fully saturated rings. The van der Waals surface area contributed by atoms with Crippen molar-refractivity contribution in [3.8, 4) is 5.75 Å². The van der Waals surface area contributed by atoms with Crippen LogP contribution in [0.1, 0.15) is 23.6 Å². The number of anilines is 1. The summed E-state index contributed by atoms with van der Waals surface area (Å²) in [6, 6.07) is 10.8. The van der Waals surface area contributed by atoms with Gasteiger partial charge in [-0.05, 0) is 47.9 Å². The Balaban J connectivity index is 1.24. The third-order valence-corrected chi connectivity index (χ3v) is 6.10. The summed E-state index contributed by atoms with van der Waals surface area (Å²) in [5.74, 6) is 2.93. The van der Waals surface area contributed by atoms with Crippen LogP contribution < -0.4 is 20.3 Å². The normalized spacial score (nSPS) is 16.7. The van der Waals surface area contributed by atoms with E-state index in [1.165, 1.54) is 16.7 Å². The topological polar surface area (TPSA) is 65.0 Å². The molecule has 0 radical (unpaired) electrons. The molecular weight excluding hydrogens is 388 g/mol. The average molecular weight is 423 g/mol. The van der Waals surface area contributed by atoms with Crippen LogP contribution in [0.3, 0.4) is 0 Å². The first-order valence-electron chi connectivity index (χ1n) is 11.4. The largest absolute Gasteiger partial charge is 0.493 e. The van der Waals surface area contributed by atoms with Crippen LogP contribution in [0.4, 0.5) is 5.82 Å². The van der Waals surface area contributed by atoms with Gasteiger partial charge in [0.05, 0.1) is 6.61 Å². The number of fused-ring (bicyclic) bond motifs is 1. The maximum Gasteiger partial charge on any atom is 0.191 e. The van der Waals surface area contributed by atoms with Crippen molar-refractivity contribution < 1.29 is 4.74 Å². The van der Waals surface area contributed by atoms with Gasteiger partial charge in [-0.2, -0.15) is 0 Å². The fourth-order valence-corrected chi connectivity index (χ4v) is 4.16. The molecule has 0 amide bonds. The minimum Gasteiger partial charge on any atom is -0.493 e. The number of likely N-dealkylation sites (N-methyl/N-ethyl adjacent to an activating group) is 1. The standard InChI is InChI=1S/C24H34N6O/c1-3-29-11-13-30(14-12-29)23-17-20(7-9-26-23)18-28-24(25-2)27-10-6-19-4-5-22-21(16-19)8-15-31-22/h4-5,7,9,16-17H,3,6,8,10-15,18H2,1-2H3,(H2,25,27,28). The van der Waals surface area contributed by atoms with Gasteiger partial charge in [0.15, 0.2) is 5.96 Å². The van der Waals surface area contributed by atoms with E-state index in [-0.39, 0.29) is 0 Å². The van der Waals surface area contributed by atoms with E-state index in [1.807, 2.05) is 13.2 Å². The predicted molar refractivity (Wildman–Crippen MR) is 126 cm³/mol. The Kier molecular flexibility index (Phi) is 7.25. The number of pyridine rings is 1. The molecule has 0 saturated carbocycles. The Morgan fingerprint density at radius 3 is 2.77 bits per heavy atom. The van der Waals surface area contributed by atoms with Crippen LogP contribution >= 0.6 is 0 Å². The molecule has 31 heavy (non-hydrogen) atoms. The molecule has 2 N–H and O–H groups in total. The summed E-state index contributed by atoms with van der Waals surface area (Å²) in [5.41, 5.74) is 3.86. The van der Waals surface area contributed by atoms with Gasteiger partial charge < -0.3 is 25.2 Å². The molecule has 0 spiro atoms. The molecule has 1 aromatic heterocycles. The van der Waals surface area contributed by atoms with Crippen LogP contribution in [0.25, 0.3) is 0 Å². The molecule has 2 aliphatic heterocycles. The highest BCUT2D eigenvalue weighted by atomic mass is 16.5. The van der Waals surface area contributed by atoms with Crippen LogP contribution in [0, 0.1) is 0 Å². The second kappa shape index (κ2) is 10.5. The van der Waals surface area contributed by atoms with E-state index in [0.29, 0.717) is 0 Å². The number of rotatable bonds is 7. The molecule has 2 aromatic rings. The summed E-state index contributed by atoms with van der Waals surface area (Å²) in [5, 5.41) is 6.85. The molecule has 0 bridgehead atoms. The highest BCUT2D eigenvalue weighted by Gasteiger charge is 2.17. The first-order valence-corrected chi connectivity index (χ1v) is 11.4. The summed E-state index contributed by atoms with van der Waals surface area (Å²) in [4.78, 5) is 13.8. The lowest BCUT2D eigenvalue weighted by Crippen LogP contribution is -2.46. The molecule has 0 atom stereocenters. The van der Waals surface area contributed by atoms with E-state index in [1.54, 1.807) is 0 Å². The van der Waals surface area contributed by atoms with E-state index >= 15 is 0 Å². The summed E-state index contributed by atoms with van der Waals surface area (Å²) in [7, 11) is 1.81. The lowest BCUT2D eigenvalue weighted by atomic mass is 10.1. The number of ether oxygens (including phenoxy) is 1.